The van der Waals surface area contributed by atoms with Gasteiger partial charge in [0, 0.05) is 27.9 Å². The second-order valence-corrected chi connectivity index (χ2v) is 7.79. The number of carbonyl (C=O) groups is 3. The summed E-state index contributed by atoms with van der Waals surface area (Å²) in [5.74, 6) is 0.296. The van der Waals surface area contributed by atoms with E-state index in [0.717, 1.165) is 27.1 Å². The number of thioether (sulfide) groups is 1. The van der Waals surface area contributed by atoms with Crippen LogP contribution < -0.4 is 5.32 Å². The van der Waals surface area contributed by atoms with Crippen molar-refractivity contribution in [1.29, 1.82) is 0 Å². The molecule has 1 unspecified atom stereocenters. The first-order valence-corrected chi connectivity index (χ1v) is 10.1. The van der Waals surface area contributed by atoms with Crippen LogP contribution in [0.25, 0.3) is 0 Å². The zero-order chi connectivity index (χ0) is 16.4. The summed E-state index contributed by atoms with van der Waals surface area (Å²) in [7, 11) is 0. The number of halogens is 1. The number of hydrogen-bond acceptors (Lipinski definition) is 4. The van der Waals surface area contributed by atoms with Crippen LogP contribution in [0.5, 0.6) is 0 Å². The Kier molecular flexibility index (Phi) is 5.25. The summed E-state index contributed by atoms with van der Waals surface area (Å²) in [4.78, 5) is 38.7. The van der Waals surface area contributed by atoms with Gasteiger partial charge in [-0.3, -0.25) is 19.7 Å². The highest BCUT2D eigenvalue weighted by Gasteiger charge is 2.39. The average molecular weight is 444 g/mol. The molecule has 0 radical (unpaired) electrons. The van der Waals surface area contributed by atoms with Gasteiger partial charge in [0.25, 0.3) is 5.91 Å². The summed E-state index contributed by atoms with van der Waals surface area (Å²) >= 11 is 4.12. The second-order valence-electron chi connectivity index (χ2n) is 5.57. The Labute approximate surface area is 152 Å². The smallest absolute Gasteiger partial charge is 0.255 e. The van der Waals surface area contributed by atoms with Gasteiger partial charge >= 0.3 is 0 Å². The van der Waals surface area contributed by atoms with Crippen molar-refractivity contribution in [2.24, 2.45) is 0 Å². The fourth-order valence-corrected chi connectivity index (χ4v) is 4.86. The highest BCUT2D eigenvalue weighted by Crippen LogP contribution is 2.34. The minimum absolute atomic E-state index is 0.106. The fraction of sp³-hybridized carbons (Fsp3) is 0.438. The van der Waals surface area contributed by atoms with Crippen LogP contribution in [-0.4, -0.2) is 38.8 Å². The lowest BCUT2D eigenvalue weighted by molar-refractivity contribution is -0.136. The van der Waals surface area contributed by atoms with Crippen molar-refractivity contribution in [3.63, 3.8) is 0 Å². The van der Waals surface area contributed by atoms with E-state index < -0.39 is 6.04 Å². The van der Waals surface area contributed by atoms with Crippen LogP contribution in [-0.2, 0) is 16.1 Å². The monoisotopic (exact) mass is 444 g/mol. The number of amides is 3. The molecule has 1 saturated heterocycles. The van der Waals surface area contributed by atoms with E-state index in [9.17, 15) is 14.4 Å². The Bertz CT molecular complexity index is 665. The predicted molar refractivity (Wildman–Crippen MR) is 96.7 cm³/mol. The molecule has 7 heteroatoms. The van der Waals surface area contributed by atoms with Gasteiger partial charge in [0.15, 0.2) is 0 Å². The number of nitrogens with one attached hydrogen (secondary N) is 1. The number of alkyl halides is 1. The Morgan fingerprint density at radius 2 is 2.13 bits per heavy atom. The SMILES string of the molecule is O=C1CCC(N2Cc3c(SCCCI)cccc3C2=O)C(=O)N1. The lowest BCUT2D eigenvalue weighted by Gasteiger charge is -2.29. The number of piperidine rings is 1. The maximum atomic E-state index is 12.7. The first-order valence-electron chi connectivity index (χ1n) is 7.57. The van der Waals surface area contributed by atoms with Gasteiger partial charge in [-0.05, 0) is 36.3 Å². The minimum Gasteiger partial charge on any atom is -0.322 e. The lowest BCUT2D eigenvalue weighted by Crippen LogP contribution is -2.52. The van der Waals surface area contributed by atoms with Gasteiger partial charge in [-0.2, -0.15) is 0 Å². The van der Waals surface area contributed by atoms with Crippen LogP contribution in [0.15, 0.2) is 23.1 Å². The van der Waals surface area contributed by atoms with Crippen molar-refractivity contribution in [1.82, 2.24) is 10.2 Å². The molecule has 0 bridgehead atoms. The minimum atomic E-state index is -0.542. The van der Waals surface area contributed by atoms with Crippen molar-refractivity contribution in [2.45, 2.75) is 36.7 Å². The molecule has 1 N–H and O–H groups in total. The van der Waals surface area contributed by atoms with Gasteiger partial charge in [0.05, 0.1) is 0 Å². The van der Waals surface area contributed by atoms with Crippen LogP contribution in [0.1, 0.15) is 35.2 Å². The molecule has 5 nitrogen and oxygen atoms in total. The molecule has 2 aliphatic heterocycles. The van der Waals surface area contributed by atoms with Gasteiger partial charge in [-0.25, -0.2) is 0 Å². The molecule has 2 heterocycles. The second kappa shape index (κ2) is 7.21. The summed E-state index contributed by atoms with van der Waals surface area (Å²) in [6.07, 6.45) is 1.81. The van der Waals surface area contributed by atoms with Crippen LogP contribution in [0.2, 0.25) is 0 Å². The Morgan fingerprint density at radius 3 is 2.87 bits per heavy atom. The molecule has 0 saturated carbocycles. The molecular formula is C16H17IN2O3S. The first-order chi connectivity index (χ1) is 11.1. The van der Waals surface area contributed by atoms with Crippen LogP contribution >= 0.6 is 34.4 Å². The lowest BCUT2D eigenvalue weighted by atomic mass is 10.0. The van der Waals surface area contributed by atoms with E-state index >= 15 is 0 Å². The summed E-state index contributed by atoms with van der Waals surface area (Å²) in [5, 5.41) is 2.33. The molecule has 0 spiro atoms. The zero-order valence-electron chi connectivity index (χ0n) is 12.5. The molecule has 0 aromatic heterocycles. The topological polar surface area (TPSA) is 66.5 Å². The van der Waals surface area contributed by atoms with Crippen molar-refractivity contribution < 1.29 is 14.4 Å². The van der Waals surface area contributed by atoms with E-state index in [-0.39, 0.29) is 24.1 Å². The predicted octanol–water partition coefficient (Wildman–Crippen LogP) is 2.36. The quantitative estimate of drug-likeness (QED) is 0.249. The van der Waals surface area contributed by atoms with Crippen molar-refractivity contribution in [3.8, 4) is 0 Å². The largest absolute Gasteiger partial charge is 0.322 e. The van der Waals surface area contributed by atoms with Gasteiger partial charge < -0.3 is 4.90 Å². The normalized spacial score (nSPS) is 20.7. The molecule has 3 amide bonds. The van der Waals surface area contributed by atoms with E-state index in [0.29, 0.717) is 18.5 Å². The average Bonchev–Trinajstić information content (AvgIpc) is 2.86. The number of rotatable bonds is 5. The summed E-state index contributed by atoms with van der Waals surface area (Å²) in [5.41, 5.74) is 1.70. The van der Waals surface area contributed by atoms with E-state index in [1.54, 1.807) is 16.7 Å². The molecule has 23 heavy (non-hydrogen) atoms. The van der Waals surface area contributed by atoms with Crippen molar-refractivity contribution in [2.75, 3.05) is 10.2 Å². The third-order valence-corrected chi connectivity index (χ3v) is 6.02. The van der Waals surface area contributed by atoms with Gasteiger partial charge in [-0.1, -0.05) is 28.7 Å². The summed E-state index contributed by atoms with van der Waals surface area (Å²) in [6, 6.07) is 5.22. The Balaban J connectivity index is 1.80. The third-order valence-electron chi connectivity index (χ3n) is 4.07. The maximum Gasteiger partial charge on any atom is 0.255 e. The van der Waals surface area contributed by atoms with Crippen molar-refractivity contribution >= 4 is 52.1 Å². The van der Waals surface area contributed by atoms with Crippen molar-refractivity contribution in [3.05, 3.63) is 29.3 Å². The molecule has 0 aliphatic carbocycles. The van der Waals surface area contributed by atoms with Gasteiger partial charge in [-0.15, -0.1) is 11.8 Å². The molecule has 2 aliphatic rings. The molecule has 3 rings (SSSR count). The third kappa shape index (κ3) is 3.40. The molecule has 1 aromatic carbocycles. The zero-order valence-corrected chi connectivity index (χ0v) is 15.5. The van der Waals surface area contributed by atoms with E-state index in [1.807, 2.05) is 18.2 Å². The summed E-state index contributed by atoms with van der Waals surface area (Å²) < 4.78 is 1.11. The van der Waals surface area contributed by atoms with Gasteiger partial charge in [0.2, 0.25) is 11.8 Å². The number of imide groups is 1. The van der Waals surface area contributed by atoms with Crippen LogP contribution in [0.3, 0.4) is 0 Å². The Hall–Kier alpha value is -1.09. The molecular weight excluding hydrogens is 427 g/mol. The number of fused-ring (bicyclic) bond motifs is 1. The molecule has 1 aromatic rings. The fourth-order valence-electron chi connectivity index (χ4n) is 2.93. The van der Waals surface area contributed by atoms with Gasteiger partial charge in [0.1, 0.15) is 6.04 Å². The van der Waals surface area contributed by atoms with E-state index in [1.165, 1.54) is 0 Å². The van der Waals surface area contributed by atoms with Crippen LogP contribution in [0.4, 0.5) is 0 Å². The molecule has 122 valence electrons. The Morgan fingerprint density at radius 1 is 1.30 bits per heavy atom. The number of carbonyl (C=O) groups excluding carboxylic acids is 3. The maximum absolute atomic E-state index is 12.7. The standard InChI is InChI=1S/C16H17IN2O3S/c17-7-2-8-23-13-4-1-3-10-11(13)9-19(16(10)22)12-5-6-14(20)18-15(12)21/h1,3-4,12H,2,5-9H2,(H,18,20,21). The first kappa shape index (κ1) is 16.8. The number of nitrogens with zero attached hydrogens (tertiary/aromatic N) is 1. The summed E-state index contributed by atoms with van der Waals surface area (Å²) in [6.45, 7) is 0.452. The van der Waals surface area contributed by atoms with Crippen LogP contribution in [0, 0.1) is 0 Å². The van der Waals surface area contributed by atoms with E-state index in [2.05, 4.69) is 27.9 Å². The highest BCUT2D eigenvalue weighted by atomic mass is 127. The number of hydrogen-bond donors (Lipinski definition) is 1. The number of benzene rings is 1. The highest BCUT2D eigenvalue weighted by molar-refractivity contribution is 14.1. The molecule has 1 atom stereocenters. The molecule has 1 fully saturated rings. The van der Waals surface area contributed by atoms with E-state index in [4.69, 9.17) is 0 Å².